The fraction of sp³-hybridized carbons (Fsp3) is 0.471. The van der Waals surface area contributed by atoms with Crippen LogP contribution in [-0.4, -0.2) is 70.2 Å². The topological polar surface area (TPSA) is 111 Å². The lowest BCUT2D eigenvalue weighted by Crippen LogP contribution is -2.67. The van der Waals surface area contributed by atoms with Gasteiger partial charge in [0.15, 0.2) is 0 Å². The summed E-state index contributed by atoms with van der Waals surface area (Å²) < 4.78 is 7.66. The van der Waals surface area contributed by atoms with Gasteiger partial charge in [0.05, 0.1) is 12.6 Å². The zero-order chi connectivity index (χ0) is 31.9. The van der Waals surface area contributed by atoms with Gasteiger partial charge in [-0.2, -0.15) is 5.26 Å². The van der Waals surface area contributed by atoms with E-state index in [0.717, 1.165) is 27.8 Å². The minimum Gasteiger partial charge on any atom is -0.444 e. The van der Waals surface area contributed by atoms with Crippen LogP contribution in [0.4, 0.5) is 15.3 Å². The summed E-state index contributed by atoms with van der Waals surface area (Å²) in [6.07, 6.45) is 2.11. The lowest BCUT2D eigenvalue weighted by molar-refractivity contribution is -0.127. The smallest absolute Gasteiger partial charge is 0.410 e. The number of anilines is 1. The normalized spacial score (nSPS) is 17.8. The second-order valence-electron chi connectivity index (χ2n) is 13.3. The van der Waals surface area contributed by atoms with Crippen LogP contribution in [0.15, 0.2) is 48.5 Å². The van der Waals surface area contributed by atoms with Crippen LogP contribution in [0.3, 0.4) is 0 Å². The molecule has 4 heterocycles. The highest BCUT2D eigenvalue weighted by Crippen LogP contribution is 2.48. The number of halogens is 1. The number of aryl methyl sites for hydroxylation is 1. The highest BCUT2D eigenvalue weighted by Gasteiger charge is 2.59. The van der Waals surface area contributed by atoms with Gasteiger partial charge in [-0.05, 0) is 75.9 Å². The molecule has 0 saturated carbocycles. The first-order valence-corrected chi connectivity index (χ1v) is 16.0. The molecule has 10 nitrogen and oxygen atoms in total. The average molecular weight is 631 g/mol. The predicted molar refractivity (Wildman–Crippen MR) is 172 cm³/mol. The number of hydrogen-bond donors (Lipinski definition) is 1. The van der Waals surface area contributed by atoms with Crippen molar-refractivity contribution < 1.29 is 19.1 Å². The van der Waals surface area contributed by atoms with Crippen LogP contribution in [0, 0.1) is 11.3 Å². The Kier molecular flexibility index (Phi) is 8.16. The number of likely N-dealkylation sites (tertiary alicyclic amines) is 2. The molecule has 3 aliphatic heterocycles. The van der Waals surface area contributed by atoms with Gasteiger partial charge in [0.25, 0.3) is 0 Å². The van der Waals surface area contributed by atoms with Crippen molar-refractivity contribution in [1.82, 2.24) is 19.7 Å². The molecule has 1 aromatic heterocycles. The third-order valence-corrected chi connectivity index (χ3v) is 9.22. The molecule has 45 heavy (non-hydrogen) atoms. The molecule has 1 spiro atoms. The fourth-order valence-corrected chi connectivity index (χ4v) is 6.96. The van der Waals surface area contributed by atoms with Crippen LogP contribution in [0.2, 0.25) is 5.02 Å². The van der Waals surface area contributed by atoms with Crippen molar-refractivity contribution in [1.29, 1.82) is 5.26 Å². The molecule has 3 aliphatic rings. The number of piperidine rings is 1. The number of hydrogen-bond acceptors (Lipinski definition) is 5. The summed E-state index contributed by atoms with van der Waals surface area (Å²) in [7, 11) is 0. The van der Waals surface area contributed by atoms with E-state index in [-0.39, 0.29) is 24.1 Å². The molecule has 0 radical (unpaired) electrons. The highest BCUT2D eigenvalue weighted by molar-refractivity contribution is 6.31. The van der Waals surface area contributed by atoms with Gasteiger partial charge < -0.3 is 29.3 Å². The van der Waals surface area contributed by atoms with E-state index in [4.69, 9.17) is 21.6 Å². The Bertz CT molecular complexity index is 1670. The van der Waals surface area contributed by atoms with Crippen molar-refractivity contribution in [3.8, 4) is 6.07 Å². The van der Waals surface area contributed by atoms with E-state index in [1.807, 2.05) is 68.1 Å². The predicted octanol–water partition coefficient (Wildman–Crippen LogP) is 5.81. The van der Waals surface area contributed by atoms with Crippen LogP contribution in [0.5, 0.6) is 0 Å². The number of urea groups is 1. The van der Waals surface area contributed by atoms with Crippen LogP contribution in [0.25, 0.3) is 10.9 Å². The Morgan fingerprint density at radius 3 is 2.53 bits per heavy atom. The van der Waals surface area contributed by atoms with Crippen LogP contribution in [0.1, 0.15) is 57.7 Å². The first kappa shape index (κ1) is 30.8. The number of nitrogens with one attached hydrogen (secondary N) is 1. The Morgan fingerprint density at radius 2 is 1.82 bits per heavy atom. The minimum absolute atomic E-state index is 0.00900. The Labute approximate surface area is 268 Å². The van der Waals surface area contributed by atoms with Crippen molar-refractivity contribution in [2.75, 3.05) is 31.1 Å². The second-order valence-corrected chi connectivity index (χ2v) is 13.7. The molecule has 0 aliphatic carbocycles. The number of unbranched alkanes of at least 4 members (excludes halogenated alkanes) is 1. The molecule has 1 N–H and O–H groups in total. The van der Waals surface area contributed by atoms with Crippen molar-refractivity contribution in [3.63, 3.8) is 0 Å². The van der Waals surface area contributed by atoms with E-state index < -0.39 is 11.0 Å². The summed E-state index contributed by atoms with van der Waals surface area (Å²) in [4.78, 5) is 45.1. The van der Waals surface area contributed by atoms with E-state index in [0.29, 0.717) is 70.0 Å². The molecule has 236 valence electrons. The van der Waals surface area contributed by atoms with Gasteiger partial charge in [0.2, 0.25) is 5.91 Å². The van der Waals surface area contributed by atoms with E-state index in [2.05, 4.69) is 22.0 Å². The molecule has 2 saturated heterocycles. The van der Waals surface area contributed by atoms with Crippen LogP contribution >= 0.6 is 11.6 Å². The number of carbonyl (C=O) groups is 3. The van der Waals surface area contributed by atoms with Gasteiger partial charge in [-0.3, -0.25) is 4.79 Å². The lowest BCUT2D eigenvalue weighted by Gasteiger charge is -2.47. The molecule has 2 fully saturated rings. The molecule has 3 aromatic rings. The Hall–Kier alpha value is -4.23. The van der Waals surface area contributed by atoms with Crippen molar-refractivity contribution in [2.24, 2.45) is 0 Å². The summed E-state index contributed by atoms with van der Waals surface area (Å²) in [5.74, 6) is -0.00900. The summed E-state index contributed by atoms with van der Waals surface area (Å²) in [5.41, 5.74) is 2.47. The fourth-order valence-electron chi connectivity index (χ4n) is 6.78. The molecule has 2 aromatic carbocycles. The van der Waals surface area contributed by atoms with Crippen molar-refractivity contribution in [2.45, 2.75) is 76.6 Å². The number of amides is 4. The lowest BCUT2D eigenvalue weighted by atomic mass is 9.75. The number of rotatable bonds is 6. The molecular formula is C34H39ClN6O4. The summed E-state index contributed by atoms with van der Waals surface area (Å²) >= 11 is 6.30. The number of aromatic nitrogens is 1. The average Bonchev–Trinajstić information content (AvgIpc) is 3.43. The van der Waals surface area contributed by atoms with Gasteiger partial charge in [-0.15, -0.1) is 0 Å². The molecule has 0 atom stereocenters. The van der Waals surface area contributed by atoms with Gasteiger partial charge in [-0.1, -0.05) is 29.8 Å². The minimum atomic E-state index is -0.783. The number of fused-ring (bicyclic) bond motifs is 3. The maximum atomic E-state index is 14.2. The maximum Gasteiger partial charge on any atom is 0.410 e. The molecule has 11 heteroatoms. The number of benzene rings is 2. The zero-order valence-corrected chi connectivity index (χ0v) is 26.8. The molecule has 6 rings (SSSR count). The largest absolute Gasteiger partial charge is 0.444 e. The van der Waals surface area contributed by atoms with Gasteiger partial charge >= 0.3 is 12.1 Å². The van der Waals surface area contributed by atoms with E-state index in [1.165, 1.54) is 0 Å². The molecule has 0 bridgehead atoms. The first-order chi connectivity index (χ1) is 21.5. The number of nitriles is 1. The van der Waals surface area contributed by atoms with Crippen LogP contribution in [-0.2, 0) is 28.0 Å². The molecule has 0 unspecified atom stereocenters. The monoisotopic (exact) mass is 630 g/mol. The summed E-state index contributed by atoms with van der Waals surface area (Å²) in [6, 6.07) is 17.7. The number of ether oxygens (including phenoxy) is 1. The quantitative estimate of drug-likeness (QED) is 0.346. The Balaban J connectivity index is 1.13. The SMILES string of the molecule is CC(C)(C)OC(=O)N1CCC(NC(=O)N2CC3(C2)C(=O)N(Cc2cc4cc(Cl)ccc4n2CCCC#N)c2ccccc23)CC1. The molecule has 4 amide bonds. The zero-order valence-electron chi connectivity index (χ0n) is 26.0. The maximum absolute atomic E-state index is 14.2. The first-order valence-electron chi connectivity index (χ1n) is 15.6. The second kappa shape index (κ2) is 11.9. The van der Waals surface area contributed by atoms with Gasteiger partial charge in [0, 0.05) is 72.5 Å². The number of nitrogens with zero attached hydrogens (tertiary/aromatic N) is 5. The van der Waals surface area contributed by atoms with Crippen molar-refractivity contribution in [3.05, 3.63) is 64.8 Å². The number of para-hydroxylation sites is 1. The van der Waals surface area contributed by atoms with E-state index in [1.54, 1.807) is 9.80 Å². The van der Waals surface area contributed by atoms with Gasteiger partial charge in [-0.25, -0.2) is 9.59 Å². The number of carbonyl (C=O) groups excluding carboxylic acids is 3. The molecular weight excluding hydrogens is 592 g/mol. The Morgan fingerprint density at radius 1 is 1.09 bits per heavy atom. The van der Waals surface area contributed by atoms with Gasteiger partial charge in [0.1, 0.15) is 11.0 Å². The van der Waals surface area contributed by atoms with E-state index >= 15 is 0 Å². The van der Waals surface area contributed by atoms with Crippen molar-refractivity contribution >= 4 is 46.2 Å². The third kappa shape index (κ3) is 5.94. The third-order valence-electron chi connectivity index (χ3n) is 8.99. The van der Waals surface area contributed by atoms with Crippen LogP contribution < -0.4 is 10.2 Å². The summed E-state index contributed by atoms with van der Waals surface area (Å²) in [5, 5.41) is 13.9. The highest BCUT2D eigenvalue weighted by atomic mass is 35.5. The van der Waals surface area contributed by atoms with E-state index in [9.17, 15) is 14.4 Å². The summed E-state index contributed by atoms with van der Waals surface area (Å²) in [6.45, 7) is 8.23. The standard InChI is InChI=1S/C34H39ClN6O4/c1-33(2,3)45-32(44)38-16-12-25(13-17-38)37-31(43)39-21-34(22-39)27-8-4-5-9-29(27)41(30(34)42)20-26-19-23-18-24(35)10-11-28(23)40(26)15-7-6-14-36/h4-5,8-11,18-19,25H,6-7,12-13,15-17,20-22H2,1-3H3,(H,37,43).